The normalized spacial score (nSPS) is 14.4. The molecule has 4 nitrogen and oxygen atoms in total. The predicted octanol–water partition coefficient (Wildman–Crippen LogP) is 1.03. The summed E-state index contributed by atoms with van der Waals surface area (Å²) < 4.78 is 0. The number of benzene rings is 1. The zero-order valence-electron chi connectivity index (χ0n) is 8.27. The molecule has 0 radical (unpaired) electrons. The van der Waals surface area contributed by atoms with E-state index in [4.69, 9.17) is 0 Å². The Bertz CT molecular complexity index is 390. The third-order valence-electron chi connectivity index (χ3n) is 2.40. The number of hydrogen-bond donors (Lipinski definition) is 1. The first kappa shape index (κ1) is 9.71. The second-order valence-corrected chi connectivity index (χ2v) is 3.37. The molecule has 1 aromatic rings. The molecule has 2 rings (SSSR count). The zero-order valence-corrected chi connectivity index (χ0v) is 8.27. The molecule has 1 amide bonds. The van der Waals surface area contributed by atoms with Gasteiger partial charge in [-0.05, 0) is 12.1 Å². The molecule has 1 aliphatic heterocycles. The summed E-state index contributed by atoms with van der Waals surface area (Å²) in [6, 6.07) is 7.60. The van der Waals surface area contributed by atoms with Crippen LogP contribution in [-0.2, 0) is 9.59 Å². The van der Waals surface area contributed by atoms with Crippen LogP contribution in [0, 0.1) is 0 Å². The second-order valence-electron chi connectivity index (χ2n) is 3.37. The molecule has 0 bridgehead atoms. The molecule has 1 aromatic carbocycles. The molecule has 0 saturated carbocycles. The van der Waals surface area contributed by atoms with E-state index in [-0.39, 0.29) is 5.91 Å². The monoisotopic (exact) mass is 204 g/mol. The Labute approximate surface area is 87.9 Å². The van der Waals surface area contributed by atoms with Gasteiger partial charge >= 0.3 is 0 Å². The summed E-state index contributed by atoms with van der Waals surface area (Å²) >= 11 is 0. The van der Waals surface area contributed by atoms with Crippen molar-refractivity contribution in [3.63, 3.8) is 0 Å². The standard InChI is InChI=1S/C11H12N2O2/c14-7-3-6-13-10-5-2-1-4-9(10)12-8-11(13)15/h1-2,4-5,7,12H,3,6,8H2. The van der Waals surface area contributed by atoms with Crippen molar-refractivity contribution in [1.82, 2.24) is 0 Å². The summed E-state index contributed by atoms with van der Waals surface area (Å²) in [6.45, 7) is 0.761. The Kier molecular flexibility index (Phi) is 2.67. The number of carbonyl (C=O) groups excluding carboxylic acids is 2. The van der Waals surface area contributed by atoms with Crippen LogP contribution in [0.25, 0.3) is 0 Å². The highest BCUT2D eigenvalue weighted by atomic mass is 16.2. The van der Waals surface area contributed by atoms with E-state index in [1.54, 1.807) is 4.90 Å². The molecule has 0 aliphatic carbocycles. The number of aldehydes is 1. The SMILES string of the molecule is O=CCCN1C(=O)CNc2ccccc21. The molecule has 0 saturated heterocycles. The number of para-hydroxylation sites is 2. The van der Waals surface area contributed by atoms with Crippen LogP contribution in [0.15, 0.2) is 24.3 Å². The Balaban J connectivity index is 2.28. The highest BCUT2D eigenvalue weighted by Gasteiger charge is 2.22. The number of carbonyl (C=O) groups is 2. The minimum Gasteiger partial charge on any atom is -0.374 e. The summed E-state index contributed by atoms with van der Waals surface area (Å²) in [5.41, 5.74) is 1.80. The van der Waals surface area contributed by atoms with Gasteiger partial charge in [0.2, 0.25) is 5.91 Å². The highest BCUT2D eigenvalue weighted by molar-refractivity contribution is 6.02. The summed E-state index contributed by atoms with van der Waals surface area (Å²) in [5.74, 6) is 0.00977. The Morgan fingerprint density at radius 1 is 1.40 bits per heavy atom. The van der Waals surface area contributed by atoms with Gasteiger partial charge in [-0.2, -0.15) is 0 Å². The fourth-order valence-corrected chi connectivity index (χ4v) is 1.69. The second kappa shape index (κ2) is 4.13. The van der Waals surface area contributed by atoms with Gasteiger partial charge in [0, 0.05) is 13.0 Å². The first-order chi connectivity index (χ1) is 7.33. The van der Waals surface area contributed by atoms with Crippen LogP contribution in [0.1, 0.15) is 6.42 Å². The number of anilines is 2. The number of fused-ring (bicyclic) bond motifs is 1. The van der Waals surface area contributed by atoms with Crippen molar-refractivity contribution in [1.29, 1.82) is 0 Å². The fourth-order valence-electron chi connectivity index (χ4n) is 1.69. The average molecular weight is 204 g/mol. The van der Waals surface area contributed by atoms with Crippen molar-refractivity contribution in [2.45, 2.75) is 6.42 Å². The van der Waals surface area contributed by atoms with Gasteiger partial charge in [-0.3, -0.25) is 4.79 Å². The van der Waals surface area contributed by atoms with Gasteiger partial charge in [0.05, 0.1) is 17.9 Å². The molecule has 0 spiro atoms. The van der Waals surface area contributed by atoms with Crippen LogP contribution in [0.3, 0.4) is 0 Å². The topological polar surface area (TPSA) is 49.4 Å². The van der Waals surface area contributed by atoms with E-state index in [1.165, 1.54) is 0 Å². The quantitative estimate of drug-likeness (QED) is 0.748. The van der Waals surface area contributed by atoms with Crippen LogP contribution in [0.2, 0.25) is 0 Å². The van der Waals surface area contributed by atoms with Crippen molar-refractivity contribution >= 4 is 23.6 Å². The fraction of sp³-hybridized carbons (Fsp3) is 0.273. The molecule has 4 heteroatoms. The van der Waals surface area contributed by atoms with Crippen LogP contribution in [0.4, 0.5) is 11.4 Å². The molecule has 15 heavy (non-hydrogen) atoms. The van der Waals surface area contributed by atoms with Gasteiger partial charge in [0.1, 0.15) is 6.29 Å². The van der Waals surface area contributed by atoms with Crippen LogP contribution in [0.5, 0.6) is 0 Å². The lowest BCUT2D eigenvalue weighted by Crippen LogP contribution is -2.40. The molecule has 0 aromatic heterocycles. The van der Waals surface area contributed by atoms with Crippen molar-refractivity contribution in [2.24, 2.45) is 0 Å². The van der Waals surface area contributed by atoms with Gasteiger partial charge in [-0.15, -0.1) is 0 Å². The first-order valence-electron chi connectivity index (χ1n) is 4.90. The van der Waals surface area contributed by atoms with E-state index in [2.05, 4.69) is 5.32 Å². The molecule has 0 fully saturated rings. The summed E-state index contributed by atoms with van der Waals surface area (Å²) in [6.07, 6.45) is 1.21. The van der Waals surface area contributed by atoms with Gasteiger partial charge in [-0.1, -0.05) is 12.1 Å². The van der Waals surface area contributed by atoms with Crippen LogP contribution < -0.4 is 10.2 Å². The molecular formula is C11H12N2O2. The lowest BCUT2D eigenvalue weighted by molar-refractivity contribution is -0.117. The third kappa shape index (κ3) is 1.83. The van der Waals surface area contributed by atoms with E-state index in [1.807, 2.05) is 24.3 Å². The largest absolute Gasteiger partial charge is 0.374 e. The molecular weight excluding hydrogens is 192 g/mol. The highest BCUT2D eigenvalue weighted by Crippen LogP contribution is 2.28. The maximum atomic E-state index is 11.6. The molecule has 1 heterocycles. The Morgan fingerprint density at radius 2 is 2.20 bits per heavy atom. The van der Waals surface area contributed by atoms with Crippen LogP contribution >= 0.6 is 0 Å². The van der Waals surface area contributed by atoms with Crippen molar-refractivity contribution in [3.8, 4) is 0 Å². The van der Waals surface area contributed by atoms with Gasteiger partial charge < -0.3 is 15.0 Å². The Morgan fingerprint density at radius 3 is 3.00 bits per heavy atom. The lowest BCUT2D eigenvalue weighted by Gasteiger charge is -2.29. The minimum absolute atomic E-state index is 0.00977. The average Bonchev–Trinajstić information content (AvgIpc) is 2.28. The van der Waals surface area contributed by atoms with Crippen LogP contribution in [-0.4, -0.2) is 25.3 Å². The van der Waals surface area contributed by atoms with Crippen molar-refractivity contribution in [3.05, 3.63) is 24.3 Å². The van der Waals surface area contributed by atoms with E-state index in [0.29, 0.717) is 19.5 Å². The Hall–Kier alpha value is -1.84. The number of hydrogen-bond acceptors (Lipinski definition) is 3. The molecule has 0 atom stereocenters. The summed E-state index contributed by atoms with van der Waals surface area (Å²) in [7, 11) is 0. The number of nitrogens with zero attached hydrogens (tertiary/aromatic N) is 1. The third-order valence-corrected chi connectivity index (χ3v) is 2.40. The zero-order chi connectivity index (χ0) is 10.7. The predicted molar refractivity (Wildman–Crippen MR) is 58.0 cm³/mol. The smallest absolute Gasteiger partial charge is 0.246 e. The van der Waals surface area contributed by atoms with E-state index >= 15 is 0 Å². The summed E-state index contributed by atoms with van der Waals surface area (Å²) in [5, 5.41) is 3.04. The van der Waals surface area contributed by atoms with Gasteiger partial charge in [0.15, 0.2) is 0 Å². The number of nitrogens with one attached hydrogen (secondary N) is 1. The number of amides is 1. The molecule has 1 aliphatic rings. The van der Waals surface area contributed by atoms with Gasteiger partial charge in [0.25, 0.3) is 0 Å². The van der Waals surface area contributed by atoms with Crippen molar-refractivity contribution in [2.75, 3.05) is 23.3 Å². The maximum absolute atomic E-state index is 11.6. The minimum atomic E-state index is 0.00977. The molecule has 0 unspecified atom stereocenters. The maximum Gasteiger partial charge on any atom is 0.246 e. The van der Waals surface area contributed by atoms with Gasteiger partial charge in [-0.25, -0.2) is 0 Å². The van der Waals surface area contributed by atoms with E-state index < -0.39 is 0 Å². The number of rotatable bonds is 3. The molecule has 78 valence electrons. The van der Waals surface area contributed by atoms with E-state index in [0.717, 1.165) is 17.7 Å². The lowest BCUT2D eigenvalue weighted by atomic mass is 10.2. The summed E-state index contributed by atoms with van der Waals surface area (Å²) in [4.78, 5) is 23.6. The molecule has 1 N–H and O–H groups in total. The first-order valence-corrected chi connectivity index (χ1v) is 4.90. The van der Waals surface area contributed by atoms with Crippen molar-refractivity contribution < 1.29 is 9.59 Å². The van der Waals surface area contributed by atoms with E-state index in [9.17, 15) is 9.59 Å².